The second-order valence-corrected chi connectivity index (χ2v) is 4.00. The Balaban J connectivity index is 2.52. The number of pyridine rings is 1. The first-order chi connectivity index (χ1) is 7.16. The van der Waals surface area contributed by atoms with Gasteiger partial charge in [0.1, 0.15) is 0 Å². The number of aliphatic hydroxyl groups excluding tert-OH is 1. The van der Waals surface area contributed by atoms with Crippen molar-refractivity contribution in [2.75, 3.05) is 0 Å². The summed E-state index contributed by atoms with van der Waals surface area (Å²) in [5.74, 6) is 0. The Morgan fingerprint density at radius 3 is 2.80 bits per heavy atom. The van der Waals surface area contributed by atoms with Crippen LogP contribution < -0.4 is 0 Å². The van der Waals surface area contributed by atoms with Crippen molar-refractivity contribution in [3.8, 4) is 0 Å². The molecular weight excluding hydrogens is 186 g/mol. The summed E-state index contributed by atoms with van der Waals surface area (Å²) in [4.78, 5) is 4.55. The minimum atomic E-state index is -0.336. The molecule has 2 aromatic rings. The van der Waals surface area contributed by atoms with Crippen LogP contribution in [-0.4, -0.2) is 16.2 Å². The summed E-state index contributed by atoms with van der Waals surface area (Å²) in [6.07, 6.45) is 0.286. The molecule has 1 atom stereocenters. The van der Waals surface area contributed by atoms with Crippen LogP contribution in [0.5, 0.6) is 0 Å². The molecule has 0 aliphatic rings. The second kappa shape index (κ2) is 3.99. The van der Waals surface area contributed by atoms with E-state index in [1.807, 2.05) is 25.1 Å². The van der Waals surface area contributed by atoms with Crippen LogP contribution in [-0.2, 0) is 6.42 Å². The largest absolute Gasteiger partial charge is 0.393 e. The summed E-state index contributed by atoms with van der Waals surface area (Å²) in [5.41, 5.74) is 3.14. The van der Waals surface area contributed by atoms with Crippen LogP contribution in [0.3, 0.4) is 0 Å². The van der Waals surface area contributed by atoms with E-state index in [1.165, 1.54) is 0 Å². The summed E-state index contributed by atoms with van der Waals surface area (Å²) in [7, 11) is 0. The molecule has 1 aromatic carbocycles. The molecule has 15 heavy (non-hydrogen) atoms. The van der Waals surface area contributed by atoms with Crippen LogP contribution in [0.15, 0.2) is 30.3 Å². The molecule has 0 aliphatic carbocycles. The first-order valence-corrected chi connectivity index (χ1v) is 5.20. The number of nitrogens with zero attached hydrogens (tertiary/aromatic N) is 1. The number of hydrogen-bond acceptors (Lipinski definition) is 2. The predicted octanol–water partition coefficient (Wildman–Crippen LogP) is 2.47. The molecule has 2 nitrogen and oxygen atoms in total. The molecule has 0 spiro atoms. The number of aromatic nitrogens is 1. The minimum absolute atomic E-state index is 0.336. The van der Waals surface area contributed by atoms with Crippen molar-refractivity contribution in [3.63, 3.8) is 0 Å². The highest BCUT2D eigenvalue weighted by atomic mass is 16.3. The van der Waals surface area contributed by atoms with Gasteiger partial charge in [-0.2, -0.15) is 0 Å². The molecule has 1 aromatic heterocycles. The molecule has 0 radical (unpaired) electrons. The molecule has 2 heteroatoms. The fourth-order valence-corrected chi connectivity index (χ4v) is 1.75. The van der Waals surface area contributed by atoms with Gasteiger partial charge in [-0.25, -0.2) is 0 Å². The molecule has 0 aliphatic heterocycles. The molecule has 2 rings (SSSR count). The van der Waals surface area contributed by atoms with Gasteiger partial charge in [-0.3, -0.25) is 4.98 Å². The molecule has 0 fully saturated rings. The van der Waals surface area contributed by atoms with E-state index in [4.69, 9.17) is 0 Å². The molecular formula is C13H15NO. The first kappa shape index (κ1) is 10.1. The number of benzene rings is 1. The average molecular weight is 201 g/mol. The number of para-hydroxylation sites is 1. The Kier molecular flexibility index (Phi) is 2.69. The van der Waals surface area contributed by atoms with Crippen LogP contribution in [0.2, 0.25) is 0 Å². The lowest BCUT2D eigenvalue weighted by atomic mass is 10.1. The van der Waals surface area contributed by atoms with Crippen molar-refractivity contribution in [1.29, 1.82) is 0 Å². The maximum atomic E-state index is 9.36. The zero-order valence-corrected chi connectivity index (χ0v) is 9.07. The van der Waals surface area contributed by atoms with E-state index in [0.29, 0.717) is 6.42 Å². The van der Waals surface area contributed by atoms with Gasteiger partial charge in [-0.05, 0) is 31.5 Å². The zero-order valence-electron chi connectivity index (χ0n) is 9.07. The van der Waals surface area contributed by atoms with E-state index in [1.54, 1.807) is 6.92 Å². The highest BCUT2D eigenvalue weighted by Gasteiger charge is 2.05. The van der Waals surface area contributed by atoms with Crippen LogP contribution in [0.25, 0.3) is 10.9 Å². The quantitative estimate of drug-likeness (QED) is 0.809. The summed E-state index contributed by atoms with van der Waals surface area (Å²) in [5, 5.41) is 10.5. The highest BCUT2D eigenvalue weighted by Crippen LogP contribution is 2.16. The first-order valence-electron chi connectivity index (χ1n) is 5.20. The van der Waals surface area contributed by atoms with Crippen LogP contribution in [0, 0.1) is 6.92 Å². The van der Waals surface area contributed by atoms with Gasteiger partial charge in [0.05, 0.1) is 11.6 Å². The molecule has 0 bridgehead atoms. The predicted molar refractivity (Wildman–Crippen MR) is 61.9 cm³/mol. The summed E-state index contributed by atoms with van der Waals surface area (Å²) in [6, 6.07) is 10.2. The van der Waals surface area contributed by atoms with Gasteiger partial charge in [0.15, 0.2) is 0 Å². The van der Waals surface area contributed by atoms with Gasteiger partial charge in [-0.1, -0.05) is 18.2 Å². The van der Waals surface area contributed by atoms with Gasteiger partial charge in [0.2, 0.25) is 0 Å². The summed E-state index contributed by atoms with van der Waals surface area (Å²) < 4.78 is 0. The van der Waals surface area contributed by atoms with Gasteiger partial charge in [0.25, 0.3) is 0 Å². The Hall–Kier alpha value is -1.41. The van der Waals surface area contributed by atoms with E-state index in [2.05, 4.69) is 17.1 Å². The lowest BCUT2D eigenvalue weighted by Crippen LogP contribution is -2.07. The smallest absolute Gasteiger partial charge is 0.0705 e. The van der Waals surface area contributed by atoms with Crippen molar-refractivity contribution in [2.45, 2.75) is 26.4 Å². The second-order valence-electron chi connectivity index (χ2n) is 4.00. The summed E-state index contributed by atoms with van der Waals surface area (Å²) in [6.45, 7) is 3.83. The normalized spacial score (nSPS) is 13.0. The van der Waals surface area contributed by atoms with Crippen molar-refractivity contribution < 1.29 is 5.11 Å². The maximum Gasteiger partial charge on any atom is 0.0705 e. The fourth-order valence-electron chi connectivity index (χ4n) is 1.75. The molecule has 78 valence electrons. The van der Waals surface area contributed by atoms with E-state index in [9.17, 15) is 5.11 Å². The molecule has 1 heterocycles. The zero-order chi connectivity index (χ0) is 10.8. The standard InChI is InChI=1S/C13H15NO/c1-9-7-11-5-3-4-6-12(11)14-13(9)8-10(2)15/h3-7,10,15H,8H2,1-2H3. The third kappa shape index (κ3) is 2.16. The number of aliphatic hydroxyl groups is 1. The molecule has 0 amide bonds. The van der Waals surface area contributed by atoms with E-state index in [0.717, 1.165) is 22.2 Å². The van der Waals surface area contributed by atoms with Crippen LogP contribution in [0.4, 0.5) is 0 Å². The Bertz CT molecular complexity index is 477. The van der Waals surface area contributed by atoms with Crippen molar-refractivity contribution in [1.82, 2.24) is 4.98 Å². The third-order valence-corrected chi connectivity index (χ3v) is 2.51. The van der Waals surface area contributed by atoms with Gasteiger partial charge < -0.3 is 5.11 Å². The Morgan fingerprint density at radius 2 is 2.07 bits per heavy atom. The molecule has 0 saturated carbocycles. The SMILES string of the molecule is Cc1cc2ccccc2nc1CC(C)O. The Labute approximate surface area is 89.6 Å². The number of aryl methyl sites for hydroxylation is 1. The van der Waals surface area contributed by atoms with Crippen LogP contribution in [0.1, 0.15) is 18.2 Å². The van der Waals surface area contributed by atoms with E-state index < -0.39 is 0 Å². The van der Waals surface area contributed by atoms with Crippen LogP contribution >= 0.6 is 0 Å². The highest BCUT2D eigenvalue weighted by molar-refractivity contribution is 5.79. The Morgan fingerprint density at radius 1 is 1.33 bits per heavy atom. The monoisotopic (exact) mass is 201 g/mol. The van der Waals surface area contributed by atoms with Crippen molar-refractivity contribution in [2.24, 2.45) is 0 Å². The molecule has 1 unspecified atom stereocenters. The van der Waals surface area contributed by atoms with Gasteiger partial charge in [0, 0.05) is 17.5 Å². The summed E-state index contributed by atoms with van der Waals surface area (Å²) >= 11 is 0. The van der Waals surface area contributed by atoms with E-state index >= 15 is 0 Å². The van der Waals surface area contributed by atoms with Crippen molar-refractivity contribution in [3.05, 3.63) is 41.6 Å². The number of rotatable bonds is 2. The molecule has 1 N–H and O–H groups in total. The van der Waals surface area contributed by atoms with E-state index in [-0.39, 0.29) is 6.10 Å². The lowest BCUT2D eigenvalue weighted by molar-refractivity contribution is 0.194. The third-order valence-electron chi connectivity index (χ3n) is 2.51. The fraction of sp³-hybridized carbons (Fsp3) is 0.308. The minimum Gasteiger partial charge on any atom is -0.393 e. The average Bonchev–Trinajstić information content (AvgIpc) is 2.18. The van der Waals surface area contributed by atoms with Gasteiger partial charge >= 0.3 is 0 Å². The van der Waals surface area contributed by atoms with Gasteiger partial charge in [-0.15, -0.1) is 0 Å². The number of fused-ring (bicyclic) bond motifs is 1. The van der Waals surface area contributed by atoms with Crippen molar-refractivity contribution >= 4 is 10.9 Å². The maximum absolute atomic E-state index is 9.36. The molecule has 0 saturated heterocycles. The number of hydrogen-bond donors (Lipinski definition) is 1. The topological polar surface area (TPSA) is 33.1 Å². The lowest BCUT2D eigenvalue weighted by Gasteiger charge is -2.08.